The fourth-order valence-corrected chi connectivity index (χ4v) is 4.41. The van der Waals surface area contributed by atoms with Crippen LogP contribution in [0.15, 0.2) is 54.6 Å². The van der Waals surface area contributed by atoms with Crippen LogP contribution in [0.1, 0.15) is 57.6 Å². The van der Waals surface area contributed by atoms with Crippen molar-refractivity contribution in [3.63, 3.8) is 0 Å². The van der Waals surface area contributed by atoms with Gasteiger partial charge in [0, 0.05) is 18.1 Å². The number of aromatic nitrogens is 1. The number of hydrogen-bond acceptors (Lipinski definition) is 6. The highest BCUT2D eigenvalue weighted by molar-refractivity contribution is 7.09. The molecule has 10 heteroatoms. The molecule has 0 saturated carbocycles. The summed E-state index contributed by atoms with van der Waals surface area (Å²) in [4.78, 5) is 40.5. The zero-order valence-electron chi connectivity index (χ0n) is 19.5. The molecule has 0 aliphatic heterocycles. The van der Waals surface area contributed by atoms with Crippen LogP contribution in [0.4, 0.5) is 5.69 Å². The van der Waals surface area contributed by atoms with Crippen LogP contribution in [0.2, 0.25) is 5.02 Å². The smallest absolute Gasteiger partial charge is 0.270 e. The van der Waals surface area contributed by atoms with Crippen molar-refractivity contribution in [2.75, 3.05) is 12.3 Å². The second-order valence-corrected chi connectivity index (χ2v) is 9.69. The molecule has 0 bridgehead atoms. The molecule has 0 unspecified atom stereocenters. The minimum Gasteiger partial charge on any atom is -0.395 e. The summed E-state index contributed by atoms with van der Waals surface area (Å²) < 4.78 is 3.96. The molecular formula is C25H28ClN5O3S. The van der Waals surface area contributed by atoms with E-state index in [-0.39, 0.29) is 28.7 Å². The molecule has 0 saturated heterocycles. The van der Waals surface area contributed by atoms with Crippen LogP contribution in [0.25, 0.3) is 0 Å². The number of nitrogens with two attached hydrogens (primary N) is 2. The Kier molecular flexibility index (Phi) is 8.84. The predicted molar refractivity (Wildman–Crippen MR) is 138 cm³/mol. The van der Waals surface area contributed by atoms with Gasteiger partial charge >= 0.3 is 0 Å². The molecule has 184 valence electrons. The Balaban J connectivity index is 2.07. The van der Waals surface area contributed by atoms with Gasteiger partial charge in [0.05, 0.1) is 5.69 Å². The van der Waals surface area contributed by atoms with E-state index >= 15 is 0 Å². The Hall–Kier alpha value is -3.43. The molecule has 1 heterocycles. The number of nitrogens with zero attached hydrogens (tertiary/aromatic N) is 2. The number of carbonyl (C=O) groups is 3. The van der Waals surface area contributed by atoms with Gasteiger partial charge < -0.3 is 21.7 Å². The van der Waals surface area contributed by atoms with E-state index in [1.807, 2.05) is 30.3 Å². The zero-order chi connectivity index (χ0) is 25.5. The van der Waals surface area contributed by atoms with Crippen LogP contribution in [0.3, 0.4) is 0 Å². The number of benzene rings is 2. The zero-order valence-corrected chi connectivity index (χ0v) is 21.1. The largest absolute Gasteiger partial charge is 0.395 e. The summed E-state index contributed by atoms with van der Waals surface area (Å²) in [7, 11) is 0. The van der Waals surface area contributed by atoms with Crippen molar-refractivity contribution in [1.82, 2.24) is 14.6 Å². The van der Waals surface area contributed by atoms with Crippen LogP contribution in [-0.2, 0) is 11.3 Å². The third-order valence-corrected chi connectivity index (χ3v) is 6.48. The van der Waals surface area contributed by atoms with Crippen LogP contribution in [0, 0.1) is 5.92 Å². The van der Waals surface area contributed by atoms with Crippen molar-refractivity contribution in [3.8, 4) is 0 Å². The number of nitrogens with one attached hydrogen (secondary N) is 1. The van der Waals surface area contributed by atoms with Crippen molar-refractivity contribution in [3.05, 3.63) is 81.3 Å². The SMILES string of the molecule is CC(C)CCNC(=O)[C@@H](c1ccc(Cl)cc1)N(Cc1ccccc1)C(=O)c1snc(C(N)=O)c1N. The predicted octanol–water partition coefficient (Wildman–Crippen LogP) is 4.02. The highest BCUT2D eigenvalue weighted by Gasteiger charge is 2.34. The standard InChI is InChI=1S/C25H28ClN5O3S/c1-15(2)12-13-29-24(33)21(17-8-10-18(26)11-9-17)31(14-16-6-4-3-5-7-16)25(34)22-19(27)20(23(28)32)30-35-22/h3-11,15,21H,12-14,27H2,1-2H3,(H2,28,32)(H,29,33)/t21-/m1/s1. The number of rotatable bonds is 10. The van der Waals surface area contributed by atoms with Gasteiger partial charge in [0.25, 0.3) is 11.8 Å². The Morgan fingerprint density at radius 3 is 2.31 bits per heavy atom. The summed E-state index contributed by atoms with van der Waals surface area (Å²) in [6.07, 6.45) is 0.787. The number of carbonyl (C=O) groups excluding carboxylic acids is 3. The van der Waals surface area contributed by atoms with E-state index in [2.05, 4.69) is 23.5 Å². The van der Waals surface area contributed by atoms with Crippen LogP contribution in [-0.4, -0.2) is 33.5 Å². The number of anilines is 1. The minimum atomic E-state index is -0.981. The summed E-state index contributed by atoms with van der Waals surface area (Å²) in [5, 5.41) is 3.46. The maximum Gasteiger partial charge on any atom is 0.270 e. The molecule has 5 N–H and O–H groups in total. The molecule has 8 nitrogen and oxygen atoms in total. The van der Waals surface area contributed by atoms with Gasteiger partial charge in [0.15, 0.2) is 5.69 Å². The topological polar surface area (TPSA) is 131 Å². The van der Waals surface area contributed by atoms with Crippen molar-refractivity contribution in [1.29, 1.82) is 0 Å². The lowest BCUT2D eigenvalue weighted by atomic mass is 10.0. The summed E-state index contributed by atoms with van der Waals surface area (Å²) in [5.74, 6) is -1.30. The molecule has 2 aromatic carbocycles. The van der Waals surface area contributed by atoms with Gasteiger partial charge in [-0.1, -0.05) is 67.9 Å². The van der Waals surface area contributed by atoms with Crippen LogP contribution >= 0.6 is 23.1 Å². The quantitative estimate of drug-likeness (QED) is 0.376. The summed E-state index contributed by atoms with van der Waals surface area (Å²) in [6.45, 7) is 4.71. The van der Waals surface area contributed by atoms with Gasteiger partial charge in [-0.15, -0.1) is 0 Å². The molecule has 0 fully saturated rings. The molecule has 3 aromatic rings. The number of hydrogen-bond donors (Lipinski definition) is 3. The monoisotopic (exact) mass is 513 g/mol. The summed E-state index contributed by atoms with van der Waals surface area (Å²) in [5.41, 5.74) is 12.5. The first-order valence-corrected chi connectivity index (χ1v) is 12.3. The first-order valence-electron chi connectivity index (χ1n) is 11.1. The lowest BCUT2D eigenvalue weighted by Crippen LogP contribution is -2.43. The maximum absolute atomic E-state index is 13.8. The normalized spacial score (nSPS) is 11.8. The molecule has 3 rings (SSSR count). The van der Waals surface area contributed by atoms with Crippen molar-refractivity contribution >= 4 is 46.5 Å². The molecule has 0 aliphatic carbocycles. The second-order valence-electron chi connectivity index (χ2n) is 8.48. The van der Waals surface area contributed by atoms with Gasteiger partial charge in [-0.3, -0.25) is 14.4 Å². The molecule has 1 aromatic heterocycles. The Morgan fingerprint density at radius 1 is 1.09 bits per heavy atom. The first kappa shape index (κ1) is 26.2. The Morgan fingerprint density at radius 2 is 1.74 bits per heavy atom. The summed E-state index contributed by atoms with van der Waals surface area (Å²) >= 11 is 6.87. The Bertz CT molecular complexity index is 1180. The molecule has 0 aliphatic rings. The molecule has 0 radical (unpaired) electrons. The van der Waals surface area contributed by atoms with Gasteiger partial charge in [-0.25, -0.2) is 0 Å². The third kappa shape index (κ3) is 6.58. The second kappa shape index (κ2) is 11.8. The van der Waals surface area contributed by atoms with E-state index in [9.17, 15) is 14.4 Å². The maximum atomic E-state index is 13.8. The number of amides is 3. The highest BCUT2D eigenvalue weighted by Crippen LogP contribution is 2.31. The number of primary amides is 1. The lowest BCUT2D eigenvalue weighted by Gasteiger charge is -2.31. The molecule has 3 amide bonds. The number of nitrogen functional groups attached to an aromatic ring is 1. The van der Waals surface area contributed by atoms with E-state index in [0.717, 1.165) is 23.5 Å². The molecular weight excluding hydrogens is 486 g/mol. The van der Waals surface area contributed by atoms with Gasteiger partial charge in [-0.2, -0.15) is 4.37 Å². The van der Waals surface area contributed by atoms with Crippen LogP contribution in [0.5, 0.6) is 0 Å². The van der Waals surface area contributed by atoms with E-state index < -0.39 is 17.9 Å². The number of halogens is 1. The van der Waals surface area contributed by atoms with Gasteiger partial charge in [-0.05, 0) is 47.1 Å². The average molecular weight is 514 g/mol. The minimum absolute atomic E-state index is 0.0451. The summed E-state index contributed by atoms with van der Waals surface area (Å²) in [6, 6.07) is 15.1. The molecule has 0 spiro atoms. The highest BCUT2D eigenvalue weighted by atomic mass is 35.5. The average Bonchev–Trinajstić information content (AvgIpc) is 3.21. The van der Waals surface area contributed by atoms with Crippen LogP contribution < -0.4 is 16.8 Å². The van der Waals surface area contributed by atoms with E-state index in [0.29, 0.717) is 23.0 Å². The third-order valence-electron chi connectivity index (χ3n) is 5.38. The van der Waals surface area contributed by atoms with E-state index in [4.69, 9.17) is 23.1 Å². The van der Waals surface area contributed by atoms with Crippen molar-refractivity contribution in [2.45, 2.75) is 32.9 Å². The van der Waals surface area contributed by atoms with Crippen molar-refractivity contribution < 1.29 is 14.4 Å². The lowest BCUT2D eigenvalue weighted by molar-refractivity contribution is -0.126. The molecule has 1 atom stereocenters. The fourth-order valence-electron chi connectivity index (χ4n) is 3.52. The van der Waals surface area contributed by atoms with Gasteiger partial charge in [0.2, 0.25) is 5.91 Å². The van der Waals surface area contributed by atoms with Crippen molar-refractivity contribution in [2.24, 2.45) is 11.7 Å². The first-order chi connectivity index (χ1) is 16.7. The van der Waals surface area contributed by atoms with E-state index in [1.54, 1.807) is 24.3 Å². The van der Waals surface area contributed by atoms with E-state index in [1.165, 1.54) is 4.90 Å². The fraction of sp³-hybridized carbons (Fsp3) is 0.280. The van der Waals surface area contributed by atoms with Gasteiger partial charge in [0.1, 0.15) is 10.9 Å². The Labute approximate surface area is 213 Å². The molecule has 35 heavy (non-hydrogen) atoms.